The van der Waals surface area contributed by atoms with Crippen molar-refractivity contribution in [3.63, 3.8) is 0 Å². The van der Waals surface area contributed by atoms with Crippen molar-refractivity contribution < 1.29 is 29.4 Å². The second-order valence-corrected chi connectivity index (χ2v) is 12.1. The summed E-state index contributed by atoms with van der Waals surface area (Å²) in [5.74, 6) is -2.50. The Kier molecular flexibility index (Phi) is 9.69. The standard InChI is InChI=1S/C35H38N12O6/c1-6-46-24(12-18(3)42-46)32(52)40-34-38-22-14-20(30(36)50)16-26(48)28(22)44(34)10-8-9-11-45-29-23(15-21(17-27(29)49)31(51)37-5)39-35(45)41-33(53)25-13-19(4)43-47(25)7-2/h8-9,12-17,48-49H,6-7,10-11H2,1-5H3,(H2,36,50)(H,37,51)(H,38,40,52)(H,39,41,53)/b9-8+. The van der Waals surface area contributed by atoms with E-state index in [1.54, 1.807) is 56.6 Å². The molecular formula is C35H38N12O6. The van der Waals surface area contributed by atoms with Crippen molar-refractivity contribution in [3.05, 3.63) is 82.5 Å². The largest absolute Gasteiger partial charge is 0.506 e. The summed E-state index contributed by atoms with van der Waals surface area (Å²) in [5.41, 5.74) is 8.58. The third-order valence-electron chi connectivity index (χ3n) is 8.48. The van der Waals surface area contributed by atoms with Gasteiger partial charge in [0.25, 0.3) is 17.7 Å². The Hall–Kier alpha value is -6.98. The van der Waals surface area contributed by atoms with E-state index in [-0.39, 0.29) is 69.7 Å². The second-order valence-electron chi connectivity index (χ2n) is 12.1. The molecule has 4 amide bonds. The van der Waals surface area contributed by atoms with Gasteiger partial charge in [-0.2, -0.15) is 10.2 Å². The van der Waals surface area contributed by atoms with Gasteiger partial charge in [0.2, 0.25) is 17.8 Å². The number of nitrogens with two attached hydrogens (primary N) is 1. The maximum Gasteiger partial charge on any atom is 0.276 e. The monoisotopic (exact) mass is 722 g/mol. The Labute approximate surface area is 301 Å². The van der Waals surface area contributed by atoms with Crippen LogP contribution in [0, 0.1) is 13.8 Å². The first-order valence-electron chi connectivity index (χ1n) is 16.7. The number of amides is 4. The minimum atomic E-state index is -0.764. The predicted molar refractivity (Wildman–Crippen MR) is 195 cm³/mol. The van der Waals surface area contributed by atoms with E-state index in [2.05, 4.69) is 36.1 Å². The maximum absolute atomic E-state index is 13.4. The lowest BCUT2D eigenvalue weighted by Gasteiger charge is -2.11. The van der Waals surface area contributed by atoms with E-state index in [0.29, 0.717) is 35.9 Å². The summed E-state index contributed by atoms with van der Waals surface area (Å²) in [6.45, 7) is 8.32. The molecule has 0 radical (unpaired) electrons. The molecule has 18 nitrogen and oxygen atoms in total. The summed E-state index contributed by atoms with van der Waals surface area (Å²) in [6.07, 6.45) is 3.45. The van der Waals surface area contributed by atoms with Crippen LogP contribution < -0.4 is 21.7 Å². The van der Waals surface area contributed by atoms with Gasteiger partial charge in [-0.25, -0.2) is 9.97 Å². The number of anilines is 2. The molecule has 274 valence electrons. The van der Waals surface area contributed by atoms with E-state index in [9.17, 15) is 29.4 Å². The molecule has 0 saturated heterocycles. The smallest absolute Gasteiger partial charge is 0.276 e. The molecule has 6 aromatic rings. The van der Waals surface area contributed by atoms with Crippen LogP contribution in [0.4, 0.5) is 11.9 Å². The molecule has 0 aliphatic rings. The molecule has 0 aliphatic heterocycles. The van der Waals surface area contributed by atoms with Gasteiger partial charge < -0.3 is 30.4 Å². The average Bonchev–Trinajstić information content (AvgIpc) is 3.88. The lowest BCUT2D eigenvalue weighted by Crippen LogP contribution is -2.20. The molecule has 2 aromatic carbocycles. The van der Waals surface area contributed by atoms with E-state index >= 15 is 0 Å². The zero-order valence-corrected chi connectivity index (χ0v) is 29.6. The molecular weight excluding hydrogens is 684 g/mol. The molecule has 4 heterocycles. The van der Waals surface area contributed by atoms with Crippen molar-refractivity contribution in [1.29, 1.82) is 0 Å². The molecule has 6 rings (SSSR count). The number of imidazole rings is 2. The zero-order valence-electron chi connectivity index (χ0n) is 29.6. The number of aromatic hydroxyl groups is 2. The van der Waals surface area contributed by atoms with Gasteiger partial charge in [0.15, 0.2) is 0 Å². The molecule has 0 atom stereocenters. The number of carbonyl (C=O) groups is 4. The maximum atomic E-state index is 13.4. The van der Waals surface area contributed by atoms with Gasteiger partial charge in [0.1, 0.15) is 33.9 Å². The molecule has 0 bridgehead atoms. The van der Waals surface area contributed by atoms with Crippen LogP contribution in [0.15, 0.2) is 48.6 Å². The number of nitrogens with zero attached hydrogens (tertiary/aromatic N) is 8. The second kappa shape index (κ2) is 14.3. The Bertz CT molecular complexity index is 2470. The number of allylic oxidation sites excluding steroid dienone is 2. The number of rotatable bonds is 12. The quantitative estimate of drug-likeness (QED) is 0.101. The van der Waals surface area contributed by atoms with Gasteiger partial charge in [-0.05, 0) is 64.1 Å². The highest BCUT2D eigenvalue weighted by Crippen LogP contribution is 2.32. The van der Waals surface area contributed by atoms with Crippen molar-refractivity contribution >= 4 is 57.6 Å². The fourth-order valence-electron chi connectivity index (χ4n) is 6.09. The van der Waals surface area contributed by atoms with Crippen LogP contribution in [0.1, 0.15) is 66.9 Å². The number of hydrogen-bond acceptors (Lipinski definition) is 10. The Morgan fingerprint density at radius 3 is 1.55 bits per heavy atom. The molecule has 53 heavy (non-hydrogen) atoms. The number of benzene rings is 2. The lowest BCUT2D eigenvalue weighted by atomic mass is 10.1. The summed E-state index contributed by atoms with van der Waals surface area (Å²) < 4.78 is 6.24. The van der Waals surface area contributed by atoms with Gasteiger partial charge in [0, 0.05) is 44.4 Å². The predicted octanol–water partition coefficient (Wildman–Crippen LogP) is 3.07. The van der Waals surface area contributed by atoms with Gasteiger partial charge in [-0.1, -0.05) is 12.2 Å². The van der Waals surface area contributed by atoms with Crippen molar-refractivity contribution in [1.82, 2.24) is 44.0 Å². The average molecular weight is 723 g/mol. The molecule has 0 unspecified atom stereocenters. The van der Waals surface area contributed by atoms with Crippen LogP contribution in [0.2, 0.25) is 0 Å². The highest BCUT2D eigenvalue weighted by atomic mass is 16.3. The van der Waals surface area contributed by atoms with Gasteiger partial charge in [0.05, 0.1) is 22.4 Å². The van der Waals surface area contributed by atoms with E-state index in [1.807, 2.05) is 13.8 Å². The summed E-state index contributed by atoms with van der Waals surface area (Å²) in [7, 11) is 1.47. The number of aryl methyl sites for hydroxylation is 4. The number of aromatic nitrogens is 8. The highest BCUT2D eigenvalue weighted by Gasteiger charge is 2.23. The number of nitrogens with one attached hydrogen (secondary N) is 3. The Morgan fingerprint density at radius 1 is 0.698 bits per heavy atom. The van der Waals surface area contributed by atoms with E-state index in [1.165, 1.54) is 31.3 Å². The third kappa shape index (κ3) is 6.88. The first-order valence-corrected chi connectivity index (χ1v) is 16.7. The number of primary amides is 1. The van der Waals surface area contributed by atoms with Gasteiger partial charge in [-0.3, -0.25) is 39.2 Å². The summed E-state index contributed by atoms with van der Waals surface area (Å²) in [4.78, 5) is 60.3. The third-order valence-corrected chi connectivity index (χ3v) is 8.48. The number of carbonyl (C=O) groups excluding carboxylic acids is 4. The van der Waals surface area contributed by atoms with E-state index in [0.717, 1.165) is 0 Å². The molecule has 0 aliphatic carbocycles. The highest BCUT2D eigenvalue weighted by molar-refractivity contribution is 6.05. The van der Waals surface area contributed by atoms with Gasteiger partial charge >= 0.3 is 0 Å². The van der Waals surface area contributed by atoms with Crippen LogP contribution in [0.5, 0.6) is 11.5 Å². The minimum Gasteiger partial charge on any atom is -0.506 e. The fourth-order valence-corrected chi connectivity index (χ4v) is 6.09. The molecule has 7 N–H and O–H groups in total. The molecule has 0 saturated carbocycles. The number of phenolic OH excluding ortho intramolecular Hbond substituents is 2. The van der Waals surface area contributed by atoms with Crippen LogP contribution in [0.25, 0.3) is 22.1 Å². The first-order chi connectivity index (χ1) is 25.3. The topological polar surface area (TPSA) is 242 Å². The first kappa shape index (κ1) is 35.8. The number of hydrogen-bond donors (Lipinski definition) is 6. The lowest BCUT2D eigenvalue weighted by molar-refractivity contribution is 0.0959. The SMILES string of the molecule is CCn1nc(C)cc1C(=O)Nc1nc2cc(C(N)=O)cc(O)c2n1C/C=C/Cn1c(NC(=O)c2cc(C)nn2CC)nc2cc(C(=O)NC)cc(O)c21. The van der Waals surface area contributed by atoms with Crippen LogP contribution in [0.3, 0.4) is 0 Å². The number of fused-ring (bicyclic) bond motifs is 2. The van der Waals surface area contributed by atoms with Crippen LogP contribution >= 0.6 is 0 Å². The van der Waals surface area contributed by atoms with Gasteiger partial charge in [-0.15, -0.1) is 0 Å². The summed E-state index contributed by atoms with van der Waals surface area (Å²) in [6, 6.07) is 8.75. The Balaban J connectivity index is 1.37. The fraction of sp³-hybridized carbons (Fsp3) is 0.257. The molecule has 18 heteroatoms. The van der Waals surface area contributed by atoms with Crippen molar-refractivity contribution in [2.45, 2.75) is 53.9 Å². The van der Waals surface area contributed by atoms with Crippen molar-refractivity contribution in [2.75, 3.05) is 17.7 Å². The number of phenols is 2. The van der Waals surface area contributed by atoms with Crippen LogP contribution in [-0.2, 0) is 26.2 Å². The molecule has 4 aromatic heterocycles. The normalized spacial score (nSPS) is 11.5. The van der Waals surface area contributed by atoms with Crippen molar-refractivity contribution in [2.24, 2.45) is 5.73 Å². The summed E-state index contributed by atoms with van der Waals surface area (Å²) in [5, 5.41) is 38.9. The Morgan fingerprint density at radius 2 is 1.13 bits per heavy atom. The zero-order chi connectivity index (χ0) is 38.1. The van der Waals surface area contributed by atoms with E-state index < -0.39 is 23.6 Å². The van der Waals surface area contributed by atoms with Crippen LogP contribution in [-0.4, -0.2) is 79.6 Å². The molecule has 0 fully saturated rings. The minimum absolute atomic E-state index is 0.0332. The summed E-state index contributed by atoms with van der Waals surface area (Å²) >= 11 is 0. The molecule has 0 spiro atoms. The van der Waals surface area contributed by atoms with E-state index in [4.69, 9.17) is 5.73 Å². The van der Waals surface area contributed by atoms with Crippen molar-refractivity contribution in [3.8, 4) is 11.5 Å².